The average molecular weight is 486 g/mol. The number of fused-ring (bicyclic) bond motifs is 1. The van der Waals surface area contributed by atoms with Crippen molar-refractivity contribution in [2.45, 2.75) is 19.0 Å². The van der Waals surface area contributed by atoms with Crippen LogP contribution >= 0.6 is 0 Å². The van der Waals surface area contributed by atoms with E-state index in [4.69, 9.17) is 0 Å². The highest BCUT2D eigenvalue weighted by molar-refractivity contribution is 5.88. The van der Waals surface area contributed by atoms with E-state index in [0.717, 1.165) is 11.1 Å². The molecule has 0 N–H and O–H groups in total. The summed E-state index contributed by atoms with van der Waals surface area (Å²) in [6.45, 7) is 3.97. The standard InChI is InChI=1S/C28H25F2N5O/c1-18-17-34(25-15-26(36)33(2)24-12-11-23(16-31)32-27(24)25)13-14-35(18)28(19-3-7-21(29)8-4-19)20-5-9-22(30)10-6-20/h3-12,15,18,28H,13-14,17H2,1-2H3. The van der Waals surface area contributed by atoms with Gasteiger partial charge in [0.15, 0.2) is 0 Å². The first-order valence-electron chi connectivity index (χ1n) is 11.8. The zero-order chi connectivity index (χ0) is 25.4. The maximum absolute atomic E-state index is 13.7. The van der Waals surface area contributed by atoms with Crippen molar-refractivity contribution in [3.63, 3.8) is 0 Å². The second kappa shape index (κ2) is 9.51. The van der Waals surface area contributed by atoms with Gasteiger partial charge >= 0.3 is 0 Å². The lowest BCUT2D eigenvalue weighted by Crippen LogP contribution is -2.53. The molecule has 2 aromatic carbocycles. The molecule has 0 aliphatic carbocycles. The molecule has 0 amide bonds. The Morgan fingerprint density at radius 3 is 2.14 bits per heavy atom. The molecule has 0 spiro atoms. The van der Waals surface area contributed by atoms with Gasteiger partial charge in [0.25, 0.3) is 5.56 Å². The largest absolute Gasteiger partial charge is 0.367 e. The first kappa shape index (κ1) is 23.6. The van der Waals surface area contributed by atoms with Crippen molar-refractivity contribution >= 4 is 16.7 Å². The molecule has 1 aliphatic rings. The Hall–Kier alpha value is -4.09. The number of hydrogen-bond acceptors (Lipinski definition) is 5. The van der Waals surface area contributed by atoms with Gasteiger partial charge in [-0.15, -0.1) is 0 Å². The van der Waals surface area contributed by atoms with Crippen molar-refractivity contribution < 1.29 is 8.78 Å². The lowest BCUT2D eigenvalue weighted by atomic mass is 9.94. The fraction of sp³-hybridized carbons (Fsp3) is 0.250. The Morgan fingerprint density at radius 1 is 0.972 bits per heavy atom. The van der Waals surface area contributed by atoms with Crippen LogP contribution in [-0.2, 0) is 7.05 Å². The summed E-state index contributed by atoms with van der Waals surface area (Å²) in [6, 6.07) is 19.7. The molecule has 5 rings (SSSR count). The maximum Gasteiger partial charge on any atom is 0.252 e. The lowest BCUT2D eigenvalue weighted by Gasteiger charge is -2.45. The smallest absolute Gasteiger partial charge is 0.252 e. The van der Waals surface area contributed by atoms with Gasteiger partial charge in [-0.05, 0) is 54.4 Å². The van der Waals surface area contributed by atoms with Crippen LogP contribution in [0.3, 0.4) is 0 Å². The van der Waals surface area contributed by atoms with Gasteiger partial charge in [0.05, 0.1) is 17.2 Å². The van der Waals surface area contributed by atoms with E-state index in [1.807, 2.05) is 0 Å². The second-order valence-corrected chi connectivity index (χ2v) is 9.14. The molecular weight excluding hydrogens is 460 g/mol. The van der Waals surface area contributed by atoms with Crippen LogP contribution in [0.1, 0.15) is 29.8 Å². The SMILES string of the molecule is CC1CN(c2cc(=O)n(C)c3ccc(C#N)nc23)CCN1C(c1ccc(F)cc1)c1ccc(F)cc1. The number of nitrogens with zero attached hydrogens (tertiary/aromatic N) is 5. The lowest BCUT2D eigenvalue weighted by molar-refractivity contribution is 0.150. The highest BCUT2D eigenvalue weighted by Gasteiger charge is 2.32. The number of halogens is 2. The monoisotopic (exact) mass is 485 g/mol. The summed E-state index contributed by atoms with van der Waals surface area (Å²) in [5, 5.41) is 9.36. The Morgan fingerprint density at radius 2 is 1.58 bits per heavy atom. The molecule has 4 aromatic rings. The van der Waals surface area contributed by atoms with Crippen LogP contribution in [0.2, 0.25) is 0 Å². The highest BCUT2D eigenvalue weighted by atomic mass is 19.1. The second-order valence-electron chi connectivity index (χ2n) is 9.14. The first-order valence-corrected chi connectivity index (χ1v) is 11.8. The van der Waals surface area contributed by atoms with Crippen molar-refractivity contribution in [2.24, 2.45) is 7.05 Å². The molecule has 1 saturated heterocycles. The van der Waals surface area contributed by atoms with E-state index in [-0.39, 0.29) is 29.3 Å². The van der Waals surface area contributed by atoms with Gasteiger partial charge in [0.1, 0.15) is 28.9 Å². The zero-order valence-corrected chi connectivity index (χ0v) is 20.0. The van der Waals surface area contributed by atoms with Crippen molar-refractivity contribution in [1.29, 1.82) is 5.26 Å². The van der Waals surface area contributed by atoms with Crippen LogP contribution in [0.5, 0.6) is 0 Å². The van der Waals surface area contributed by atoms with Crippen molar-refractivity contribution in [3.8, 4) is 6.07 Å². The van der Waals surface area contributed by atoms with Gasteiger partial charge in [-0.25, -0.2) is 13.8 Å². The third-order valence-corrected chi connectivity index (χ3v) is 6.91. The van der Waals surface area contributed by atoms with Crippen LogP contribution in [0.4, 0.5) is 14.5 Å². The van der Waals surface area contributed by atoms with Gasteiger partial charge in [0, 0.05) is 38.8 Å². The summed E-state index contributed by atoms with van der Waals surface area (Å²) in [6.07, 6.45) is 0. The van der Waals surface area contributed by atoms with Crippen molar-refractivity contribution in [3.05, 3.63) is 106 Å². The minimum absolute atomic E-state index is 0.0390. The normalized spacial score (nSPS) is 16.4. The number of hydrogen-bond donors (Lipinski definition) is 0. The zero-order valence-electron chi connectivity index (χ0n) is 20.0. The number of aromatic nitrogens is 2. The van der Waals surface area contributed by atoms with E-state index in [2.05, 4.69) is 27.8 Å². The number of aryl methyl sites for hydroxylation is 1. The van der Waals surface area contributed by atoms with E-state index < -0.39 is 0 Å². The number of benzene rings is 2. The van der Waals surface area contributed by atoms with Gasteiger partial charge in [0.2, 0.25) is 0 Å². The Bertz CT molecular complexity index is 1460. The predicted octanol–water partition coefficient (Wildman–Crippen LogP) is 4.38. The number of anilines is 1. The Labute approximate surface area is 207 Å². The van der Waals surface area contributed by atoms with Gasteiger partial charge < -0.3 is 9.47 Å². The molecule has 0 bridgehead atoms. The molecule has 1 unspecified atom stereocenters. The van der Waals surface area contributed by atoms with E-state index in [1.165, 1.54) is 28.8 Å². The Balaban J connectivity index is 1.51. The minimum atomic E-state index is -0.309. The van der Waals surface area contributed by atoms with Crippen LogP contribution in [0.25, 0.3) is 11.0 Å². The molecule has 1 aliphatic heterocycles. The Kier molecular flexibility index (Phi) is 6.25. The first-order chi connectivity index (χ1) is 17.4. The number of rotatable bonds is 4. The maximum atomic E-state index is 13.7. The fourth-order valence-corrected chi connectivity index (χ4v) is 5.05. The molecule has 1 atom stereocenters. The van der Waals surface area contributed by atoms with E-state index >= 15 is 0 Å². The summed E-state index contributed by atoms with van der Waals surface area (Å²) in [7, 11) is 1.69. The van der Waals surface area contributed by atoms with Crippen molar-refractivity contribution in [1.82, 2.24) is 14.5 Å². The molecular formula is C28H25F2N5O. The molecule has 8 heteroatoms. The molecule has 6 nitrogen and oxygen atoms in total. The quantitative estimate of drug-likeness (QED) is 0.429. The summed E-state index contributed by atoms with van der Waals surface area (Å²) in [4.78, 5) is 21.7. The van der Waals surface area contributed by atoms with Gasteiger partial charge in [-0.1, -0.05) is 24.3 Å². The summed E-state index contributed by atoms with van der Waals surface area (Å²) >= 11 is 0. The van der Waals surface area contributed by atoms with E-state index in [9.17, 15) is 18.8 Å². The predicted molar refractivity (Wildman–Crippen MR) is 135 cm³/mol. The minimum Gasteiger partial charge on any atom is -0.367 e. The van der Waals surface area contributed by atoms with Crippen LogP contribution in [-0.4, -0.2) is 40.1 Å². The molecule has 182 valence electrons. The molecule has 2 aromatic heterocycles. The number of nitriles is 1. The molecule has 0 saturated carbocycles. The van der Waals surface area contributed by atoms with Crippen molar-refractivity contribution in [2.75, 3.05) is 24.5 Å². The van der Waals surface area contributed by atoms with Gasteiger partial charge in [-0.2, -0.15) is 5.26 Å². The molecule has 1 fully saturated rings. The summed E-state index contributed by atoms with van der Waals surface area (Å²) < 4.78 is 28.9. The number of pyridine rings is 2. The third-order valence-electron chi connectivity index (χ3n) is 6.91. The summed E-state index contributed by atoms with van der Waals surface area (Å²) in [5.74, 6) is -0.618. The van der Waals surface area contributed by atoms with Crippen LogP contribution in [0.15, 0.2) is 71.5 Å². The van der Waals surface area contributed by atoms with E-state index in [0.29, 0.717) is 42.0 Å². The number of piperazine rings is 1. The van der Waals surface area contributed by atoms with Crippen LogP contribution < -0.4 is 10.5 Å². The topological polar surface area (TPSA) is 65.2 Å². The van der Waals surface area contributed by atoms with Crippen LogP contribution in [0, 0.1) is 23.0 Å². The highest BCUT2D eigenvalue weighted by Crippen LogP contribution is 2.34. The van der Waals surface area contributed by atoms with Gasteiger partial charge in [-0.3, -0.25) is 9.69 Å². The average Bonchev–Trinajstić information content (AvgIpc) is 2.89. The fourth-order valence-electron chi connectivity index (χ4n) is 5.05. The molecule has 36 heavy (non-hydrogen) atoms. The summed E-state index contributed by atoms with van der Waals surface area (Å²) in [5.41, 5.74) is 3.98. The van der Waals surface area contributed by atoms with E-state index in [1.54, 1.807) is 49.5 Å². The molecule has 0 radical (unpaired) electrons. The third kappa shape index (κ3) is 4.34. The molecule has 3 heterocycles.